The van der Waals surface area contributed by atoms with Gasteiger partial charge in [-0.1, -0.05) is 48.0 Å². The molecule has 2 aliphatic rings. The molecular formula is C25H29N3O3. The van der Waals surface area contributed by atoms with Gasteiger partial charge in [0.15, 0.2) is 0 Å². The summed E-state index contributed by atoms with van der Waals surface area (Å²) in [5.41, 5.74) is 4.52. The lowest BCUT2D eigenvalue weighted by molar-refractivity contribution is -0.136. The van der Waals surface area contributed by atoms with Crippen LogP contribution in [-0.2, 0) is 14.3 Å². The number of ether oxygens (including phenoxy) is 1. The normalized spacial score (nSPS) is 17.5. The summed E-state index contributed by atoms with van der Waals surface area (Å²) in [5.74, 6) is -0.488. The van der Waals surface area contributed by atoms with Gasteiger partial charge in [-0.3, -0.25) is 19.4 Å². The number of hydrogen-bond acceptors (Lipinski definition) is 5. The van der Waals surface area contributed by atoms with E-state index in [1.807, 2.05) is 62.4 Å². The number of benzene rings is 2. The van der Waals surface area contributed by atoms with Gasteiger partial charge in [0.25, 0.3) is 11.8 Å². The molecule has 0 saturated carbocycles. The van der Waals surface area contributed by atoms with E-state index in [1.165, 1.54) is 4.90 Å². The van der Waals surface area contributed by atoms with Crippen molar-refractivity contribution in [3.8, 4) is 0 Å². The minimum absolute atomic E-state index is 0.230. The summed E-state index contributed by atoms with van der Waals surface area (Å²) in [6, 6.07) is 15.5. The van der Waals surface area contributed by atoms with Crippen molar-refractivity contribution in [2.45, 2.75) is 20.3 Å². The molecule has 0 bridgehead atoms. The molecule has 2 heterocycles. The maximum Gasteiger partial charge on any atom is 0.278 e. The number of imide groups is 1. The van der Waals surface area contributed by atoms with Crippen molar-refractivity contribution >= 4 is 23.1 Å². The number of anilines is 1. The van der Waals surface area contributed by atoms with E-state index in [0.717, 1.165) is 61.6 Å². The second-order valence-electron chi connectivity index (χ2n) is 8.13. The van der Waals surface area contributed by atoms with Crippen LogP contribution >= 0.6 is 0 Å². The fraction of sp³-hybridized carbons (Fsp3) is 0.360. The van der Waals surface area contributed by atoms with Gasteiger partial charge in [-0.2, -0.15) is 0 Å². The average Bonchev–Trinajstić information content (AvgIpc) is 3.01. The fourth-order valence-electron chi connectivity index (χ4n) is 4.01. The molecule has 0 unspecified atom stereocenters. The van der Waals surface area contributed by atoms with Crippen LogP contribution < -0.4 is 5.32 Å². The summed E-state index contributed by atoms with van der Waals surface area (Å²) < 4.78 is 5.39. The molecular weight excluding hydrogens is 390 g/mol. The molecule has 1 N–H and O–H groups in total. The molecule has 0 spiro atoms. The van der Waals surface area contributed by atoms with Crippen LogP contribution in [0.4, 0.5) is 5.69 Å². The van der Waals surface area contributed by atoms with Crippen molar-refractivity contribution in [2.24, 2.45) is 0 Å². The van der Waals surface area contributed by atoms with Gasteiger partial charge < -0.3 is 10.1 Å². The van der Waals surface area contributed by atoms with E-state index in [0.29, 0.717) is 17.8 Å². The topological polar surface area (TPSA) is 61.9 Å². The minimum atomic E-state index is -0.259. The lowest BCUT2D eigenvalue weighted by atomic mass is 10.0. The smallest absolute Gasteiger partial charge is 0.278 e. The molecule has 0 aromatic heterocycles. The third-order valence-electron chi connectivity index (χ3n) is 5.87. The Morgan fingerprint density at radius 2 is 1.61 bits per heavy atom. The van der Waals surface area contributed by atoms with Crippen molar-refractivity contribution in [2.75, 3.05) is 44.7 Å². The number of nitrogens with one attached hydrogen (secondary N) is 1. The first-order chi connectivity index (χ1) is 15.0. The van der Waals surface area contributed by atoms with E-state index in [4.69, 9.17) is 4.74 Å². The molecule has 1 saturated heterocycles. The van der Waals surface area contributed by atoms with Gasteiger partial charge in [0.1, 0.15) is 5.70 Å². The highest BCUT2D eigenvalue weighted by Gasteiger charge is 2.39. The van der Waals surface area contributed by atoms with Crippen LogP contribution in [0, 0.1) is 13.8 Å². The zero-order valence-electron chi connectivity index (χ0n) is 18.2. The van der Waals surface area contributed by atoms with E-state index in [1.54, 1.807) is 0 Å². The van der Waals surface area contributed by atoms with Gasteiger partial charge in [0.2, 0.25) is 0 Å². The molecule has 162 valence electrons. The van der Waals surface area contributed by atoms with Gasteiger partial charge in [-0.25, -0.2) is 0 Å². The Morgan fingerprint density at radius 3 is 2.32 bits per heavy atom. The summed E-state index contributed by atoms with van der Waals surface area (Å²) >= 11 is 0. The molecule has 2 aromatic carbocycles. The van der Waals surface area contributed by atoms with Crippen molar-refractivity contribution in [1.29, 1.82) is 0 Å². The summed E-state index contributed by atoms with van der Waals surface area (Å²) in [6.07, 6.45) is 0.746. The highest BCUT2D eigenvalue weighted by molar-refractivity contribution is 6.36. The van der Waals surface area contributed by atoms with Gasteiger partial charge in [-0.05, 0) is 37.5 Å². The number of rotatable bonds is 7. The number of hydrogen-bond donors (Lipinski definition) is 1. The highest BCUT2D eigenvalue weighted by Crippen LogP contribution is 2.31. The van der Waals surface area contributed by atoms with E-state index in [2.05, 4.69) is 10.2 Å². The average molecular weight is 420 g/mol. The van der Waals surface area contributed by atoms with E-state index in [9.17, 15) is 9.59 Å². The van der Waals surface area contributed by atoms with Crippen molar-refractivity contribution in [3.63, 3.8) is 0 Å². The lowest BCUT2D eigenvalue weighted by Crippen LogP contribution is -2.39. The lowest BCUT2D eigenvalue weighted by Gasteiger charge is -2.27. The number of para-hydroxylation sites is 1. The SMILES string of the molecule is Cc1ccc(C2=C(Nc3ccccc3C)C(=O)N(CCCN3CCOCC3)C2=O)cc1. The number of nitrogens with zero attached hydrogens (tertiary/aromatic N) is 2. The van der Waals surface area contributed by atoms with Crippen molar-refractivity contribution < 1.29 is 14.3 Å². The summed E-state index contributed by atoms with van der Waals surface area (Å²) in [7, 11) is 0. The monoisotopic (exact) mass is 419 g/mol. The molecule has 2 aliphatic heterocycles. The Morgan fingerprint density at radius 1 is 0.903 bits per heavy atom. The first-order valence-corrected chi connectivity index (χ1v) is 10.8. The Hall–Kier alpha value is -2.96. The van der Waals surface area contributed by atoms with Crippen LogP contribution in [0.5, 0.6) is 0 Å². The Balaban J connectivity index is 1.57. The van der Waals surface area contributed by atoms with Crippen LogP contribution in [0.2, 0.25) is 0 Å². The molecule has 4 rings (SSSR count). The van der Waals surface area contributed by atoms with Gasteiger partial charge >= 0.3 is 0 Å². The first kappa shape index (κ1) is 21.3. The van der Waals surface area contributed by atoms with Crippen LogP contribution in [-0.4, -0.2) is 61.0 Å². The van der Waals surface area contributed by atoms with Crippen LogP contribution in [0.1, 0.15) is 23.1 Å². The van der Waals surface area contributed by atoms with Crippen LogP contribution in [0.25, 0.3) is 5.57 Å². The first-order valence-electron chi connectivity index (χ1n) is 10.8. The quantitative estimate of drug-likeness (QED) is 0.699. The molecule has 2 amide bonds. The molecule has 0 radical (unpaired) electrons. The molecule has 1 fully saturated rings. The van der Waals surface area contributed by atoms with Gasteiger partial charge in [0.05, 0.1) is 18.8 Å². The van der Waals surface area contributed by atoms with E-state index in [-0.39, 0.29) is 11.8 Å². The minimum Gasteiger partial charge on any atom is -0.379 e. The second kappa shape index (κ2) is 9.45. The number of carbonyl (C=O) groups is 2. The third-order valence-corrected chi connectivity index (χ3v) is 5.87. The number of morpholine rings is 1. The maximum atomic E-state index is 13.3. The molecule has 6 heteroatoms. The van der Waals surface area contributed by atoms with E-state index < -0.39 is 0 Å². The summed E-state index contributed by atoms with van der Waals surface area (Å²) in [4.78, 5) is 30.4. The number of amides is 2. The largest absolute Gasteiger partial charge is 0.379 e. The molecule has 6 nitrogen and oxygen atoms in total. The molecule has 2 aromatic rings. The predicted octanol–water partition coefficient (Wildman–Crippen LogP) is 3.22. The zero-order chi connectivity index (χ0) is 21.8. The standard InChI is InChI=1S/C25H29N3O3/c1-18-8-10-20(11-9-18)22-23(26-21-7-4-3-6-19(21)2)25(30)28(24(22)29)13-5-12-27-14-16-31-17-15-27/h3-4,6-11,26H,5,12-17H2,1-2H3. The predicted molar refractivity (Wildman–Crippen MR) is 121 cm³/mol. The van der Waals surface area contributed by atoms with Crippen molar-refractivity contribution in [1.82, 2.24) is 9.80 Å². The van der Waals surface area contributed by atoms with E-state index >= 15 is 0 Å². The van der Waals surface area contributed by atoms with Crippen LogP contribution in [0.3, 0.4) is 0 Å². The van der Waals surface area contributed by atoms with Gasteiger partial charge in [-0.15, -0.1) is 0 Å². The second-order valence-corrected chi connectivity index (χ2v) is 8.13. The summed E-state index contributed by atoms with van der Waals surface area (Å²) in [6.45, 7) is 8.52. The van der Waals surface area contributed by atoms with Crippen molar-refractivity contribution in [3.05, 3.63) is 70.9 Å². The Bertz CT molecular complexity index is 991. The molecule has 0 aliphatic carbocycles. The number of aryl methyl sites for hydroxylation is 2. The van der Waals surface area contributed by atoms with Gasteiger partial charge in [0, 0.05) is 31.9 Å². The third kappa shape index (κ3) is 4.70. The molecule has 0 atom stereocenters. The maximum absolute atomic E-state index is 13.3. The Labute approximate surface area is 183 Å². The zero-order valence-corrected chi connectivity index (χ0v) is 18.2. The molecule has 31 heavy (non-hydrogen) atoms. The highest BCUT2D eigenvalue weighted by atomic mass is 16.5. The fourth-order valence-corrected chi connectivity index (χ4v) is 4.01. The Kier molecular flexibility index (Phi) is 6.49. The van der Waals surface area contributed by atoms with Crippen LogP contribution in [0.15, 0.2) is 54.2 Å². The number of carbonyl (C=O) groups excluding carboxylic acids is 2. The summed E-state index contributed by atoms with van der Waals surface area (Å²) in [5, 5.41) is 3.26.